The van der Waals surface area contributed by atoms with Crippen molar-refractivity contribution < 1.29 is 23.5 Å². The zero-order chi connectivity index (χ0) is 26.1. The SMILES string of the molecule is COC(=O)[C@@H](Cc1cc2oc(=O)[nH]c2cc1Cl)NC(=O)N1CCC(N2Cc3ccccc3NC2=O)CC1. The highest BCUT2D eigenvalue weighted by Gasteiger charge is 2.33. The van der Waals surface area contributed by atoms with E-state index < -0.39 is 23.8 Å². The van der Waals surface area contributed by atoms with Gasteiger partial charge >= 0.3 is 23.8 Å². The van der Waals surface area contributed by atoms with Crippen LogP contribution in [0.4, 0.5) is 15.3 Å². The molecule has 0 saturated carbocycles. The number of anilines is 1. The monoisotopic (exact) mass is 527 g/mol. The number of urea groups is 2. The molecule has 0 bridgehead atoms. The number of para-hydroxylation sites is 1. The van der Waals surface area contributed by atoms with E-state index in [1.807, 2.05) is 29.2 Å². The molecule has 37 heavy (non-hydrogen) atoms. The van der Waals surface area contributed by atoms with Crippen molar-refractivity contribution in [2.24, 2.45) is 0 Å². The molecule has 3 aromatic rings. The van der Waals surface area contributed by atoms with E-state index in [9.17, 15) is 19.2 Å². The number of fused-ring (bicyclic) bond motifs is 2. The van der Waals surface area contributed by atoms with Crippen LogP contribution in [-0.4, -0.2) is 65.1 Å². The van der Waals surface area contributed by atoms with E-state index in [0.717, 1.165) is 11.3 Å². The van der Waals surface area contributed by atoms with Crippen molar-refractivity contribution in [3.05, 3.63) is 63.1 Å². The lowest BCUT2D eigenvalue weighted by Gasteiger charge is -2.40. The number of nitrogens with one attached hydrogen (secondary N) is 3. The second-order valence-electron chi connectivity index (χ2n) is 9.12. The number of hydrogen-bond acceptors (Lipinski definition) is 6. The Hall–Kier alpha value is -3.99. The molecule has 12 heteroatoms. The van der Waals surface area contributed by atoms with Gasteiger partial charge in [-0.15, -0.1) is 0 Å². The van der Waals surface area contributed by atoms with Gasteiger partial charge in [0, 0.05) is 42.8 Å². The summed E-state index contributed by atoms with van der Waals surface area (Å²) in [4.78, 5) is 55.6. The van der Waals surface area contributed by atoms with Gasteiger partial charge in [-0.2, -0.15) is 0 Å². The Balaban J connectivity index is 1.22. The number of amides is 4. The summed E-state index contributed by atoms with van der Waals surface area (Å²) in [5.41, 5.74) is 3.13. The summed E-state index contributed by atoms with van der Waals surface area (Å²) in [6.07, 6.45) is 1.27. The van der Waals surface area contributed by atoms with Gasteiger partial charge in [0.15, 0.2) is 5.58 Å². The topological polar surface area (TPSA) is 137 Å². The molecule has 4 amide bonds. The minimum Gasteiger partial charge on any atom is -0.467 e. The maximum atomic E-state index is 13.0. The molecule has 3 heterocycles. The molecule has 3 N–H and O–H groups in total. The molecule has 11 nitrogen and oxygen atoms in total. The molecule has 1 fully saturated rings. The van der Waals surface area contributed by atoms with Crippen LogP contribution in [0.1, 0.15) is 24.0 Å². The van der Waals surface area contributed by atoms with Crippen LogP contribution in [0.25, 0.3) is 11.1 Å². The van der Waals surface area contributed by atoms with E-state index in [-0.39, 0.29) is 18.5 Å². The number of carbonyl (C=O) groups is 3. The van der Waals surface area contributed by atoms with Gasteiger partial charge in [0.2, 0.25) is 0 Å². The number of oxazole rings is 1. The van der Waals surface area contributed by atoms with Crippen LogP contribution < -0.4 is 16.4 Å². The van der Waals surface area contributed by atoms with E-state index in [1.54, 1.807) is 11.0 Å². The third-order valence-corrected chi connectivity index (χ3v) is 7.20. The largest absolute Gasteiger partial charge is 0.467 e. The van der Waals surface area contributed by atoms with E-state index >= 15 is 0 Å². The summed E-state index contributed by atoms with van der Waals surface area (Å²) < 4.78 is 9.98. The molecule has 2 aromatic carbocycles. The summed E-state index contributed by atoms with van der Waals surface area (Å²) >= 11 is 6.35. The quantitative estimate of drug-likeness (QED) is 0.436. The number of likely N-dealkylation sites (tertiary alicyclic amines) is 1. The predicted molar refractivity (Wildman–Crippen MR) is 135 cm³/mol. The smallest absolute Gasteiger partial charge is 0.417 e. The lowest BCUT2D eigenvalue weighted by atomic mass is 10.0. The van der Waals surface area contributed by atoms with Crippen molar-refractivity contribution in [1.82, 2.24) is 20.1 Å². The van der Waals surface area contributed by atoms with Gasteiger partial charge < -0.3 is 29.6 Å². The summed E-state index contributed by atoms with van der Waals surface area (Å²) in [5, 5.41) is 5.99. The number of carbonyl (C=O) groups excluding carboxylic acids is 3. The maximum absolute atomic E-state index is 13.0. The molecule has 194 valence electrons. The number of rotatable bonds is 5. The van der Waals surface area contributed by atoms with Gasteiger partial charge in [-0.05, 0) is 42.2 Å². The van der Waals surface area contributed by atoms with Crippen LogP contribution in [-0.2, 0) is 22.5 Å². The molecule has 1 atom stereocenters. The number of aromatic nitrogens is 1. The van der Waals surface area contributed by atoms with E-state index in [2.05, 4.69) is 15.6 Å². The van der Waals surface area contributed by atoms with Gasteiger partial charge in [-0.25, -0.2) is 19.2 Å². The van der Waals surface area contributed by atoms with E-state index in [0.29, 0.717) is 54.2 Å². The first-order valence-corrected chi connectivity index (χ1v) is 12.3. The predicted octanol–water partition coefficient (Wildman–Crippen LogP) is 3.08. The lowest BCUT2D eigenvalue weighted by molar-refractivity contribution is -0.142. The summed E-state index contributed by atoms with van der Waals surface area (Å²) in [6.45, 7) is 1.38. The van der Waals surface area contributed by atoms with Crippen LogP contribution in [0.5, 0.6) is 0 Å². The van der Waals surface area contributed by atoms with Gasteiger partial charge in [0.25, 0.3) is 0 Å². The molecule has 1 saturated heterocycles. The second kappa shape index (κ2) is 10.2. The molecule has 2 aliphatic heterocycles. The number of piperidine rings is 1. The Morgan fingerprint density at radius 3 is 2.73 bits per heavy atom. The molecule has 0 spiro atoms. The Labute approximate surface area is 216 Å². The zero-order valence-electron chi connectivity index (χ0n) is 20.1. The Morgan fingerprint density at radius 1 is 1.22 bits per heavy atom. The molecule has 0 radical (unpaired) electrons. The fourth-order valence-electron chi connectivity index (χ4n) is 4.86. The third kappa shape index (κ3) is 5.12. The molecule has 5 rings (SSSR count). The van der Waals surface area contributed by atoms with E-state index in [1.165, 1.54) is 13.2 Å². The molecule has 1 aromatic heterocycles. The average molecular weight is 528 g/mol. The van der Waals surface area contributed by atoms with Crippen molar-refractivity contribution in [3.8, 4) is 0 Å². The van der Waals surface area contributed by atoms with Crippen LogP contribution in [0.15, 0.2) is 45.6 Å². The number of aromatic amines is 1. The van der Waals surface area contributed by atoms with Gasteiger partial charge in [0.05, 0.1) is 12.6 Å². The fraction of sp³-hybridized carbons (Fsp3) is 0.360. The van der Waals surface area contributed by atoms with Crippen molar-refractivity contribution in [1.29, 1.82) is 0 Å². The number of halogens is 1. The van der Waals surface area contributed by atoms with Crippen molar-refractivity contribution in [2.45, 2.75) is 37.9 Å². The van der Waals surface area contributed by atoms with Crippen molar-refractivity contribution in [2.75, 3.05) is 25.5 Å². The normalized spacial score (nSPS) is 16.8. The Kier molecular flexibility index (Phi) is 6.79. The third-order valence-electron chi connectivity index (χ3n) is 6.85. The second-order valence-corrected chi connectivity index (χ2v) is 9.52. The van der Waals surface area contributed by atoms with Crippen LogP contribution >= 0.6 is 11.6 Å². The number of esters is 1. The number of hydrogen-bond donors (Lipinski definition) is 3. The number of methoxy groups -OCH3 is 1. The first-order chi connectivity index (χ1) is 17.8. The van der Waals surface area contributed by atoms with Crippen LogP contribution in [0.3, 0.4) is 0 Å². The fourth-order valence-corrected chi connectivity index (χ4v) is 5.10. The standard InChI is InChI=1S/C25H26ClN5O6/c1-36-22(32)20(10-15-11-21-19(12-17(15)26)29-25(35)37-21)28-23(33)30-8-6-16(7-9-30)31-13-14-4-2-3-5-18(14)27-24(31)34/h2-5,11-12,16,20H,6-10,13H2,1H3,(H,27,34)(H,28,33)(H,29,35)/t20-/m1/s1. The van der Waals surface area contributed by atoms with Gasteiger partial charge in [-0.1, -0.05) is 29.8 Å². The van der Waals surface area contributed by atoms with Crippen LogP contribution in [0, 0.1) is 0 Å². The van der Waals surface area contributed by atoms with Crippen molar-refractivity contribution in [3.63, 3.8) is 0 Å². The van der Waals surface area contributed by atoms with Gasteiger partial charge in [-0.3, -0.25) is 4.98 Å². The lowest BCUT2D eigenvalue weighted by Crippen LogP contribution is -2.54. The van der Waals surface area contributed by atoms with Crippen molar-refractivity contribution >= 4 is 46.4 Å². The minimum atomic E-state index is -1.000. The number of H-pyrrole nitrogens is 1. The summed E-state index contributed by atoms with van der Waals surface area (Å²) in [7, 11) is 1.24. The summed E-state index contributed by atoms with van der Waals surface area (Å²) in [6, 6.07) is 9.25. The van der Waals surface area contributed by atoms with E-state index in [4.69, 9.17) is 20.8 Å². The molecule has 2 aliphatic rings. The average Bonchev–Trinajstić information content (AvgIpc) is 3.26. The number of nitrogens with zero attached hydrogens (tertiary/aromatic N) is 2. The highest BCUT2D eigenvalue weighted by atomic mass is 35.5. The van der Waals surface area contributed by atoms with Gasteiger partial charge in [0.1, 0.15) is 6.04 Å². The number of ether oxygens (including phenoxy) is 1. The molecule has 0 unspecified atom stereocenters. The van der Waals surface area contributed by atoms with Crippen LogP contribution in [0.2, 0.25) is 5.02 Å². The number of benzene rings is 2. The maximum Gasteiger partial charge on any atom is 0.417 e. The summed E-state index contributed by atoms with van der Waals surface area (Å²) in [5.74, 6) is -1.24. The molecular formula is C25H26ClN5O6. The Bertz CT molecular complexity index is 1410. The highest BCUT2D eigenvalue weighted by Crippen LogP contribution is 2.28. The first-order valence-electron chi connectivity index (χ1n) is 11.9. The molecule has 0 aliphatic carbocycles. The zero-order valence-corrected chi connectivity index (χ0v) is 20.8. The highest BCUT2D eigenvalue weighted by molar-refractivity contribution is 6.32. The molecular weight excluding hydrogens is 502 g/mol. The Morgan fingerprint density at radius 2 is 1.97 bits per heavy atom. The first kappa shape index (κ1) is 24.7. The minimum absolute atomic E-state index is 0.00431.